The standard InChI is InChI=1S/C26H23Cl2N3O5/c1-3-12-35-21-10-8-20(9-11-21)30-25(32)26(33)31-29-15-18-13-22(28)24(23(14-18)34-2)36-16-17-4-6-19(27)7-5-17/h3-11,13-15H,1,12,16H2,2H3,(H,30,32)(H,31,33)/b29-15-. The second-order valence-corrected chi connectivity index (χ2v) is 8.07. The van der Waals surface area contributed by atoms with Crippen LogP contribution in [0, 0.1) is 0 Å². The van der Waals surface area contributed by atoms with Gasteiger partial charge in [-0.25, -0.2) is 5.43 Å². The quantitative estimate of drug-likeness (QED) is 0.163. The number of halogens is 2. The third kappa shape index (κ3) is 7.76. The minimum Gasteiger partial charge on any atom is -0.493 e. The Hall–Kier alpha value is -4.01. The smallest absolute Gasteiger partial charge is 0.329 e. The van der Waals surface area contributed by atoms with Crippen LogP contribution >= 0.6 is 23.2 Å². The summed E-state index contributed by atoms with van der Waals surface area (Å²) in [4.78, 5) is 24.2. The van der Waals surface area contributed by atoms with Crippen molar-refractivity contribution >= 4 is 46.9 Å². The van der Waals surface area contributed by atoms with Crippen molar-refractivity contribution in [3.05, 3.63) is 94.5 Å². The highest BCUT2D eigenvalue weighted by Crippen LogP contribution is 2.36. The van der Waals surface area contributed by atoms with Crippen LogP contribution in [0.5, 0.6) is 17.2 Å². The van der Waals surface area contributed by atoms with Crippen molar-refractivity contribution in [1.29, 1.82) is 0 Å². The van der Waals surface area contributed by atoms with E-state index in [4.69, 9.17) is 37.4 Å². The summed E-state index contributed by atoms with van der Waals surface area (Å²) in [6, 6.07) is 17.0. The minimum atomic E-state index is -0.945. The number of nitrogens with one attached hydrogen (secondary N) is 2. The van der Waals surface area contributed by atoms with E-state index < -0.39 is 11.8 Å². The predicted octanol–water partition coefficient (Wildman–Crippen LogP) is 5.23. The molecule has 3 aromatic carbocycles. The number of hydrogen-bond acceptors (Lipinski definition) is 6. The van der Waals surface area contributed by atoms with Crippen LogP contribution in [0.15, 0.2) is 78.4 Å². The van der Waals surface area contributed by atoms with Gasteiger partial charge in [-0.3, -0.25) is 9.59 Å². The van der Waals surface area contributed by atoms with Gasteiger partial charge in [-0.15, -0.1) is 0 Å². The van der Waals surface area contributed by atoms with Gasteiger partial charge in [0.1, 0.15) is 19.0 Å². The Morgan fingerprint density at radius 2 is 1.72 bits per heavy atom. The lowest BCUT2D eigenvalue weighted by Gasteiger charge is -2.13. The van der Waals surface area contributed by atoms with Crippen LogP contribution in [0.2, 0.25) is 10.0 Å². The second kappa shape index (κ2) is 13.2. The zero-order valence-electron chi connectivity index (χ0n) is 19.3. The Labute approximate surface area is 218 Å². The van der Waals surface area contributed by atoms with Gasteiger partial charge in [-0.2, -0.15) is 5.10 Å². The topological polar surface area (TPSA) is 98.2 Å². The molecular formula is C26H23Cl2N3O5. The fraction of sp³-hybridized carbons (Fsp3) is 0.115. The SMILES string of the molecule is C=CCOc1ccc(NC(=O)C(=O)N/N=C\c2cc(Cl)c(OCc3ccc(Cl)cc3)c(OC)c2)cc1. The molecule has 8 nitrogen and oxygen atoms in total. The Bertz CT molecular complexity index is 1250. The van der Waals surface area contributed by atoms with Crippen molar-refractivity contribution in [3.8, 4) is 17.2 Å². The Morgan fingerprint density at radius 1 is 1.00 bits per heavy atom. The number of methoxy groups -OCH3 is 1. The molecule has 0 radical (unpaired) electrons. The number of carbonyl (C=O) groups excluding carboxylic acids is 2. The molecular weight excluding hydrogens is 505 g/mol. The lowest BCUT2D eigenvalue weighted by Crippen LogP contribution is -2.32. The number of rotatable bonds is 10. The summed E-state index contributed by atoms with van der Waals surface area (Å²) >= 11 is 12.3. The van der Waals surface area contributed by atoms with E-state index in [0.29, 0.717) is 40.1 Å². The zero-order chi connectivity index (χ0) is 25.9. The molecule has 3 rings (SSSR count). The van der Waals surface area contributed by atoms with Crippen LogP contribution in [-0.4, -0.2) is 31.7 Å². The molecule has 186 valence electrons. The minimum absolute atomic E-state index is 0.260. The number of ether oxygens (including phenoxy) is 3. The highest BCUT2D eigenvalue weighted by atomic mass is 35.5. The Morgan fingerprint density at radius 3 is 2.39 bits per heavy atom. The van der Waals surface area contributed by atoms with E-state index in [2.05, 4.69) is 22.4 Å². The summed E-state index contributed by atoms with van der Waals surface area (Å²) in [6.45, 7) is 4.20. The van der Waals surface area contributed by atoms with Crippen LogP contribution in [0.25, 0.3) is 0 Å². The molecule has 0 unspecified atom stereocenters. The molecule has 2 amide bonds. The highest BCUT2D eigenvalue weighted by Gasteiger charge is 2.14. The summed E-state index contributed by atoms with van der Waals surface area (Å²) in [5.74, 6) is -0.483. The monoisotopic (exact) mass is 527 g/mol. The molecule has 3 aromatic rings. The summed E-state index contributed by atoms with van der Waals surface area (Å²) < 4.78 is 16.6. The summed E-state index contributed by atoms with van der Waals surface area (Å²) in [6.07, 6.45) is 2.95. The first-order valence-electron chi connectivity index (χ1n) is 10.6. The average Bonchev–Trinajstić information content (AvgIpc) is 2.88. The molecule has 0 atom stereocenters. The van der Waals surface area contributed by atoms with Gasteiger partial charge >= 0.3 is 11.8 Å². The molecule has 10 heteroatoms. The fourth-order valence-corrected chi connectivity index (χ4v) is 3.28. The van der Waals surface area contributed by atoms with E-state index in [-0.39, 0.29) is 11.6 Å². The van der Waals surface area contributed by atoms with Gasteiger partial charge in [-0.1, -0.05) is 48.0 Å². The third-order valence-electron chi connectivity index (χ3n) is 4.61. The summed E-state index contributed by atoms with van der Waals surface area (Å²) in [5.41, 5.74) is 4.02. The van der Waals surface area contributed by atoms with Crippen molar-refractivity contribution in [1.82, 2.24) is 5.43 Å². The molecule has 0 spiro atoms. The number of anilines is 1. The maximum absolute atomic E-state index is 12.1. The van der Waals surface area contributed by atoms with Gasteiger partial charge in [-0.05, 0) is 59.7 Å². The van der Waals surface area contributed by atoms with Crippen molar-refractivity contribution < 1.29 is 23.8 Å². The largest absolute Gasteiger partial charge is 0.493 e. The maximum Gasteiger partial charge on any atom is 0.329 e. The van der Waals surface area contributed by atoms with Gasteiger partial charge in [0.15, 0.2) is 11.5 Å². The summed E-state index contributed by atoms with van der Waals surface area (Å²) in [5, 5.41) is 7.21. The molecule has 0 saturated carbocycles. The Kier molecular flexibility index (Phi) is 9.73. The van der Waals surface area contributed by atoms with Crippen LogP contribution in [0.4, 0.5) is 5.69 Å². The van der Waals surface area contributed by atoms with Crippen LogP contribution < -0.4 is 25.0 Å². The van der Waals surface area contributed by atoms with Crippen molar-refractivity contribution in [2.75, 3.05) is 19.0 Å². The van der Waals surface area contributed by atoms with E-state index in [1.54, 1.807) is 54.6 Å². The lowest BCUT2D eigenvalue weighted by molar-refractivity contribution is -0.136. The first kappa shape index (κ1) is 26.6. The molecule has 0 saturated heterocycles. The van der Waals surface area contributed by atoms with Crippen LogP contribution in [0.1, 0.15) is 11.1 Å². The number of amides is 2. The second-order valence-electron chi connectivity index (χ2n) is 7.23. The number of carbonyl (C=O) groups is 2. The molecule has 0 fully saturated rings. The van der Waals surface area contributed by atoms with Gasteiger partial charge < -0.3 is 19.5 Å². The summed E-state index contributed by atoms with van der Waals surface area (Å²) in [7, 11) is 1.48. The normalized spacial score (nSPS) is 10.5. The van der Waals surface area contributed by atoms with Crippen molar-refractivity contribution in [2.24, 2.45) is 5.10 Å². The number of benzene rings is 3. The van der Waals surface area contributed by atoms with E-state index in [9.17, 15) is 9.59 Å². The maximum atomic E-state index is 12.1. The van der Waals surface area contributed by atoms with E-state index in [1.165, 1.54) is 13.3 Å². The molecule has 0 aliphatic carbocycles. The number of hydrogen-bond donors (Lipinski definition) is 2. The molecule has 0 bridgehead atoms. The first-order chi connectivity index (χ1) is 17.4. The third-order valence-corrected chi connectivity index (χ3v) is 5.15. The van der Waals surface area contributed by atoms with Crippen LogP contribution in [0.3, 0.4) is 0 Å². The van der Waals surface area contributed by atoms with Gasteiger partial charge in [0.2, 0.25) is 0 Å². The molecule has 0 aromatic heterocycles. The molecule has 0 aliphatic rings. The number of nitrogens with zero attached hydrogens (tertiary/aromatic N) is 1. The molecule has 0 heterocycles. The zero-order valence-corrected chi connectivity index (χ0v) is 20.8. The van der Waals surface area contributed by atoms with Crippen molar-refractivity contribution in [3.63, 3.8) is 0 Å². The van der Waals surface area contributed by atoms with Gasteiger partial charge in [0.05, 0.1) is 18.3 Å². The predicted molar refractivity (Wildman–Crippen MR) is 140 cm³/mol. The molecule has 36 heavy (non-hydrogen) atoms. The van der Waals surface area contributed by atoms with Gasteiger partial charge in [0, 0.05) is 10.7 Å². The fourth-order valence-electron chi connectivity index (χ4n) is 2.88. The van der Waals surface area contributed by atoms with Crippen molar-refractivity contribution in [2.45, 2.75) is 6.61 Å². The van der Waals surface area contributed by atoms with E-state index in [1.807, 2.05) is 12.1 Å². The first-order valence-corrected chi connectivity index (χ1v) is 11.4. The van der Waals surface area contributed by atoms with E-state index >= 15 is 0 Å². The van der Waals surface area contributed by atoms with Crippen LogP contribution in [-0.2, 0) is 16.2 Å². The molecule has 0 aliphatic heterocycles. The average molecular weight is 528 g/mol. The lowest BCUT2D eigenvalue weighted by atomic mass is 10.2. The Balaban J connectivity index is 1.57. The van der Waals surface area contributed by atoms with Gasteiger partial charge in [0.25, 0.3) is 0 Å². The molecule has 2 N–H and O–H groups in total. The highest BCUT2D eigenvalue weighted by molar-refractivity contribution is 6.39. The number of hydrazone groups is 1. The van der Waals surface area contributed by atoms with E-state index in [0.717, 1.165) is 5.56 Å².